The number of carboxylic acids is 1. The lowest BCUT2D eigenvalue weighted by Gasteiger charge is -2.08. The molecular weight excluding hydrogens is 278 g/mol. The van der Waals surface area contributed by atoms with Crippen LogP contribution in [0.5, 0.6) is 0 Å². The molecule has 0 saturated heterocycles. The average Bonchev–Trinajstić information content (AvgIpc) is 2.30. The number of aromatic nitrogens is 2. The molecule has 1 aromatic heterocycles. The number of hydrogen-bond donors (Lipinski definition) is 2. The van der Waals surface area contributed by atoms with Crippen molar-refractivity contribution in [1.82, 2.24) is 13.9 Å². The van der Waals surface area contributed by atoms with E-state index in [-0.39, 0.29) is 6.54 Å². The van der Waals surface area contributed by atoms with Gasteiger partial charge in [-0.05, 0) is 0 Å². The van der Waals surface area contributed by atoms with Gasteiger partial charge < -0.3 is 9.67 Å². The minimum atomic E-state index is -4.15. The predicted octanol–water partition coefficient (Wildman–Crippen LogP) is -2.16. The third-order valence-electron chi connectivity index (χ3n) is 2.34. The summed E-state index contributed by atoms with van der Waals surface area (Å²) in [6.07, 6.45) is 0.485. The van der Waals surface area contributed by atoms with Gasteiger partial charge in [0.05, 0.1) is 6.42 Å². The molecular formula is C9H13N3O6S. The summed E-state index contributed by atoms with van der Waals surface area (Å²) in [7, 11) is -1.70. The Morgan fingerprint density at radius 2 is 1.95 bits per heavy atom. The Morgan fingerprint density at radius 3 is 2.47 bits per heavy atom. The molecule has 0 unspecified atom stereocenters. The SMILES string of the molecule is Cn1cc(S(=O)(=O)NCCC(=O)O)c(=O)n(C)c1=O. The Hall–Kier alpha value is -1.94. The summed E-state index contributed by atoms with van der Waals surface area (Å²) in [5, 5.41) is 8.41. The smallest absolute Gasteiger partial charge is 0.330 e. The Bertz CT molecular complexity index is 714. The molecule has 1 rings (SSSR count). The minimum Gasteiger partial charge on any atom is -0.481 e. The largest absolute Gasteiger partial charge is 0.481 e. The fourth-order valence-corrected chi connectivity index (χ4v) is 2.52. The zero-order valence-corrected chi connectivity index (χ0v) is 11.1. The van der Waals surface area contributed by atoms with Crippen LogP contribution < -0.4 is 16.0 Å². The first-order chi connectivity index (χ1) is 8.66. The van der Waals surface area contributed by atoms with Gasteiger partial charge in [0, 0.05) is 26.8 Å². The quantitative estimate of drug-likeness (QED) is 0.636. The molecule has 0 saturated carbocycles. The van der Waals surface area contributed by atoms with Gasteiger partial charge in [-0.1, -0.05) is 0 Å². The monoisotopic (exact) mass is 291 g/mol. The summed E-state index contributed by atoms with van der Waals surface area (Å²) in [6, 6.07) is 0. The van der Waals surface area contributed by atoms with Gasteiger partial charge in [-0.15, -0.1) is 0 Å². The van der Waals surface area contributed by atoms with Crippen molar-refractivity contribution in [1.29, 1.82) is 0 Å². The Labute approximate surface area is 108 Å². The van der Waals surface area contributed by atoms with Crippen molar-refractivity contribution in [3.05, 3.63) is 27.0 Å². The number of nitrogens with one attached hydrogen (secondary N) is 1. The third-order valence-corrected chi connectivity index (χ3v) is 3.78. The maximum absolute atomic E-state index is 11.8. The van der Waals surface area contributed by atoms with Crippen LogP contribution in [0.2, 0.25) is 0 Å². The highest BCUT2D eigenvalue weighted by molar-refractivity contribution is 7.89. The third kappa shape index (κ3) is 3.29. The highest BCUT2D eigenvalue weighted by Crippen LogP contribution is 1.99. The molecule has 0 spiro atoms. The van der Waals surface area contributed by atoms with Crippen molar-refractivity contribution in [3.8, 4) is 0 Å². The van der Waals surface area contributed by atoms with Crippen LogP contribution in [0.4, 0.5) is 0 Å². The molecule has 0 aliphatic carbocycles. The molecule has 0 bridgehead atoms. The van der Waals surface area contributed by atoms with Crippen LogP contribution in [0.25, 0.3) is 0 Å². The lowest BCUT2D eigenvalue weighted by atomic mass is 10.5. The molecule has 0 fully saturated rings. The van der Waals surface area contributed by atoms with E-state index in [2.05, 4.69) is 0 Å². The maximum Gasteiger partial charge on any atom is 0.330 e. The van der Waals surface area contributed by atoms with Gasteiger partial charge in [0.1, 0.15) is 0 Å². The Balaban J connectivity index is 3.20. The number of carbonyl (C=O) groups is 1. The fraction of sp³-hybridized carbons (Fsp3) is 0.444. The zero-order valence-electron chi connectivity index (χ0n) is 10.3. The second kappa shape index (κ2) is 5.36. The molecule has 0 radical (unpaired) electrons. The van der Waals surface area contributed by atoms with Gasteiger partial charge in [-0.25, -0.2) is 17.9 Å². The average molecular weight is 291 g/mol. The first kappa shape index (κ1) is 15.1. The maximum atomic E-state index is 11.8. The second-order valence-corrected chi connectivity index (χ2v) is 5.53. The minimum absolute atomic E-state index is 0.344. The summed E-state index contributed by atoms with van der Waals surface area (Å²) >= 11 is 0. The standard InChI is InChI=1S/C9H13N3O6S/c1-11-5-6(8(15)12(2)9(11)16)19(17,18)10-4-3-7(13)14/h5,10H,3-4H2,1-2H3,(H,13,14). The van der Waals surface area contributed by atoms with Crippen LogP contribution in [-0.2, 0) is 28.9 Å². The number of aryl methyl sites for hydroxylation is 1. The Kier molecular flexibility index (Phi) is 4.27. The number of nitrogens with zero attached hydrogens (tertiary/aromatic N) is 2. The molecule has 0 aromatic carbocycles. The number of hydrogen-bond acceptors (Lipinski definition) is 5. The molecule has 10 heteroatoms. The summed E-state index contributed by atoms with van der Waals surface area (Å²) in [6.45, 7) is -0.344. The van der Waals surface area contributed by atoms with E-state index in [9.17, 15) is 22.8 Å². The van der Waals surface area contributed by atoms with Gasteiger partial charge in [0.15, 0.2) is 4.90 Å². The number of carboxylic acid groups (broad SMARTS) is 1. The van der Waals surface area contributed by atoms with Crippen molar-refractivity contribution >= 4 is 16.0 Å². The van der Waals surface area contributed by atoms with E-state index in [1.165, 1.54) is 7.05 Å². The van der Waals surface area contributed by atoms with Crippen LogP contribution in [0, 0.1) is 0 Å². The second-order valence-electron chi connectivity index (χ2n) is 3.79. The molecule has 1 heterocycles. The summed E-state index contributed by atoms with van der Waals surface area (Å²) < 4.78 is 27.2. The number of rotatable bonds is 5. The highest BCUT2D eigenvalue weighted by Gasteiger charge is 2.21. The number of sulfonamides is 1. The molecule has 2 N–H and O–H groups in total. The molecule has 0 aliphatic heterocycles. The van der Waals surface area contributed by atoms with E-state index < -0.39 is 38.6 Å². The van der Waals surface area contributed by atoms with Crippen molar-refractivity contribution in [3.63, 3.8) is 0 Å². The fourth-order valence-electron chi connectivity index (χ4n) is 1.33. The molecule has 0 amide bonds. The van der Waals surface area contributed by atoms with E-state index in [0.29, 0.717) is 4.57 Å². The normalized spacial score (nSPS) is 11.5. The van der Waals surface area contributed by atoms with Gasteiger partial charge in [-0.2, -0.15) is 0 Å². The highest BCUT2D eigenvalue weighted by atomic mass is 32.2. The lowest BCUT2D eigenvalue weighted by molar-refractivity contribution is -0.136. The molecule has 106 valence electrons. The van der Waals surface area contributed by atoms with Gasteiger partial charge in [-0.3, -0.25) is 14.2 Å². The first-order valence-corrected chi connectivity index (χ1v) is 6.63. The van der Waals surface area contributed by atoms with E-state index >= 15 is 0 Å². The number of aliphatic carboxylic acids is 1. The summed E-state index contributed by atoms with van der Waals surface area (Å²) in [4.78, 5) is 32.8. The van der Waals surface area contributed by atoms with Crippen molar-refractivity contribution < 1.29 is 18.3 Å². The van der Waals surface area contributed by atoms with E-state index in [1.54, 1.807) is 0 Å². The van der Waals surface area contributed by atoms with Gasteiger partial charge in [0.2, 0.25) is 10.0 Å². The van der Waals surface area contributed by atoms with Crippen molar-refractivity contribution in [2.24, 2.45) is 14.1 Å². The zero-order chi connectivity index (χ0) is 14.8. The molecule has 9 nitrogen and oxygen atoms in total. The van der Waals surface area contributed by atoms with Crippen LogP contribution in [-0.4, -0.2) is 35.2 Å². The van der Waals surface area contributed by atoms with E-state index in [0.717, 1.165) is 17.8 Å². The molecule has 19 heavy (non-hydrogen) atoms. The van der Waals surface area contributed by atoms with Crippen molar-refractivity contribution in [2.45, 2.75) is 11.3 Å². The molecule has 0 aliphatic rings. The molecule has 1 aromatic rings. The van der Waals surface area contributed by atoms with E-state index in [1.807, 2.05) is 4.72 Å². The summed E-state index contributed by atoms with van der Waals surface area (Å²) in [5.74, 6) is -1.17. The topological polar surface area (TPSA) is 127 Å². The summed E-state index contributed by atoms with van der Waals surface area (Å²) in [5.41, 5.74) is -1.62. The first-order valence-electron chi connectivity index (χ1n) is 5.15. The lowest BCUT2D eigenvalue weighted by Crippen LogP contribution is -2.41. The van der Waals surface area contributed by atoms with Crippen LogP contribution in [0.1, 0.15) is 6.42 Å². The van der Waals surface area contributed by atoms with Gasteiger partial charge in [0.25, 0.3) is 5.56 Å². The van der Waals surface area contributed by atoms with Crippen LogP contribution >= 0.6 is 0 Å². The van der Waals surface area contributed by atoms with Gasteiger partial charge >= 0.3 is 11.7 Å². The Morgan fingerprint density at radius 1 is 1.37 bits per heavy atom. The van der Waals surface area contributed by atoms with Crippen LogP contribution in [0.3, 0.4) is 0 Å². The predicted molar refractivity (Wildman–Crippen MR) is 64.4 cm³/mol. The molecule has 0 atom stereocenters. The van der Waals surface area contributed by atoms with E-state index in [4.69, 9.17) is 5.11 Å². The van der Waals surface area contributed by atoms with Crippen LogP contribution in [0.15, 0.2) is 20.7 Å². The van der Waals surface area contributed by atoms with Crippen molar-refractivity contribution in [2.75, 3.05) is 6.54 Å².